The van der Waals surface area contributed by atoms with Crippen LogP contribution in [0.15, 0.2) is 60.7 Å². The molecule has 0 aliphatic rings. The number of aryl methyl sites for hydroxylation is 2. The summed E-state index contributed by atoms with van der Waals surface area (Å²) < 4.78 is 11.5. The monoisotopic (exact) mass is 365 g/mol. The quantitative estimate of drug-likeness (QED) is 0.554. The van der Waals surface area contributed by atoms with Crippen molar-refractivity contribution in [2.24, 2.45) is 0 Å². The van der Waals surface area contributed by atoms with Gasteiger partial charge in [0.15, 0.2) is 0 Å². The van der Waals surface area contributed by atoms with Crippen molar-refractivity contribution in [1.82, 2.24) is 0 Å². The van der Waals surface area contributed by atoms with E-state index >= 15 is 0 Å². The molecule has 0 unspecified atom stereocenters. The van der Waals surface area contributed by atoms with Crippen LogP contribution in [0.1, 0.15) is 11.1 Å². The Bertz CT molecular complexity index is 870. The first-order chi connectivity index (χ1) is 12.6. The molecule has 0 heterocycles. The zero-order valence-corrected chi connectivity index (χ0v) is 16.5. The van der Waals surface area contributed by atoms with Crippen LogP contribution in [0.3, 0.4) is 0 Å². The second-order valence-electron chi connectivity index (χ2n) is 6.15. The second kappa shape index (κ2) is 7.80. The van der Waals surface area contributed by atoms with E-state index < -0.39 is 7.92 Å². The first kappa shape index (κ1) is 18.3. The van der Waals surface area contributed by atoms with Gasteiger partial charge in [-0.25, -0.2) is 0 Å². The summed E-state index contributed by atoms with van der Waals surface area (Å²) >= 11 is 0. The molecule has 0 saturated carbocycles. The van der Waals surface area contributed by atoms with Crippen LogP contribution in [0.5, 0.6) is 11.5 Å². The largest absolute Gasteiger partial charge is 0.496 e. The molecule has 3 nitrogen and oxygen atoms in total. The molecule has 3 rings (SSSR count). The lowest BCUT2D eigenvalue weighted by molar-refractivity contribution is 0.417. The highest BCUT2D eigenvalue weighted by Gasteiger charge is 2.27. The molecule has 0 radical (unpaired) electrons. The van der Waals surface area contributed by atoms with Crippen molar-refractivity contribution < 1.29 is 9.47 Å². The number of benzene rings is 3. The maximum Gasteiger partial charge on any atom is 0.127 e. The molecule has 0 aromatic heterocycles. The number of para-hydroxylation sites is 1. The highest BCUT2D eigenvalue weighted by atomic mass is 31.1. The first-order valence-electron chi connectivity index (χ1n) is 8.50. The number of ether oxygens (including phenoxy) is 2. The third-order valence-electron chi connectivity index (χ3n) is 4.47. The van der Waals surface area contributed by atoms with E-state index in [4.69, 9.17) is 15.2 Å². The molecule has 0 saturated heterocycles. The van der Waals surface area contributed by atoms with Gasteiger partial charge < -0.3 is 15.2 Å². The van der Waals surface area contributed by atoms with Gasteiger partial charge in [0.25, 0.3) is 0 Å². The van der Waals surface area contributed by atoms with Crippen LogP contribution in [0.4, 0.5) is 5.69 Å². The van der Waals surface area contributed by atoms with Gasteiger partial charge in [0.2, 0.25) is 0 Å². The lowest BCUT2D eigenvalue weighted by Crippen LogP contribution is -2.27. The van der Waals surface area contributed by atoms with Crippen LogP contribution in [0.2, 0.25) is 0 Å². The number of hydrogen-bond acceptors (Lipinski definition) is 3. The Labute approximate surface area is 156 Å². The van der Waals surface area contributed by atoms with Gasteiger partial charge >= 0.3 is 0 Å². The Hall–Kier alpha value is -2.51. The minimum Gasteiger partial charge on any atom is -0.496 e. The highest BCUT2D eigenvalue weighted by Crippen LogP contribution is 2.43. The second-order valence-corrected chi connectivity index (χ2v) is 8.19. The molecule has 0 fully saturated rings. The number of rotatable bonds is 5. The molecule has 0 bridgehead atoms. The molecule has 3 aromatic carbocycles. The van der Waals surface area contributed by atoms with Gasteiger partial charge in [-0.1, -0.05) is 42.5 Å². The summed E-state index contributed by atoms with van der Waals surface area (Å²) in [7, 11) is 2.50. The molecule has 26 heavy (non-hydrogen) atoms. The number of hydrogen-bond donors (Lipinski definition) is 1. The van der Waals surface area contributed by atoms with Gasteiger partial charge in [0.05, 0.1) is 14.2 Å². The normalized spacial score (nSPS) is 10.8. The molecular weight excluding hydrogens is 341 g/mol. The van der Waals surface area contributed by atoms with Crippen molar-refractivity contribution >= 4 is 29.5 Å². The van der Waals surface area contributed by atoms with Crippen molar-refractivity contribution in [2.45, 2.75) is 13.8 Å². The Morgan fingerprint density at radius 2 is 1.19 bits per heavy atom. The van der Waals surface area contributed by atoms with Gasteiger partial charge in [0, 0.05) is 21.6 Å². The van der Waals surface area contributed by atoms with Crippen molar-refractivity contribution in [1.29, 1.82) is 0 Å². The van der Waals surface area contributed by atoms with Crippen molar-refractivity contribution in [3.8, 4) is 11.5 Å². The van der Waals surface area contributed by atoms with E-state index in [-0.39, 0.29) is 0 Å². The van der Waals surface area contributed by atoms with E-state index in [1.807, 2.05) is 42.5 Å². The molecule has 134 valence electrons. The van der Waals surface area contributed by atoms with Crippen molar-refractivity contribution in [3.05, 3.63) is 71.8 Å². The van der Waals surface area contributed by atoms with E-state index in [2.05, 4.69) is 32.0 Å². The summed E-state index contributed by atoms with van der Waals surface area (Å²) in [5.41, 5.74) is 9.57. The minimum absolute atomic E-state index is 0.786. The molecule has 2 N–H and O–H groups in total. The molecule has 0 aliphatic heterocycles. The Morgan fingerprint density at radius 3 is 1.65 bits per heavy atom. The smallest absolute Gasteiger partial charge is 0.127 e. The fraction of sp³-hybridized carbons (Fsp3) is 0.182. The zero-order valence-electron chi connectivity index (χ0n) is 15.6. The average molecular weight is 365 g/mol. The van der Waals surface area contributed by atoms with Crippen LogP contribution in [-0.2, 0) is 0 Å². The van der Waals surface area contributed by atoms with Gasteiger partial charge in [-0.15, -0.1) is 0 Å². The summed E-state index contributed by atoms with van der Waals surface area (Å²) in [4.78, 5) is 0. The lowest BCUT2D eigenvalue weighted by atomic mass is 10.2. The standard InChI is InChI=1S/C22H24NO2P/c1-15-9-7-12-18(24-3)21(15)26(20-14-6-5-11-17(20)23)22-16(2)10-8-13-19(22)25-4/h5-14H,23H2,1-4H3. The van der Waals surface area contributed by atoms with Gasteiger partial charge in [-0.3, -0.25) is 0 Å². The van der Waals surface area contributed by atoms with E-state index in [1.165, 1.54) is 21.7 Å². The van der Waals surface area contributed by atoms with Crippen molar-refractivity contribution in [3.63, 3.8) is 0 Å². The van der Waals surface area contributed by atoms with E-state index in [1.54, 1.807) is 14.2 Å². The van der Waals surface area contributed by atoms with Gasteiger partial charge in [-0.2, -0.15) is 0 Å². The summed E-state index contributed by atoms with van der Waals surface area (Å²) in [6, 6.07) is 20.4. The summed E-state index contributed by atoms with van der Waals surface area (Å²) in [5.74, 6) is 1.76. The molecule has 4 heteroatoms. The molecule has 0 aliphatic carbocycles. The minimum atomic E-state index is -0.937. The fourth-order valence-electron chi connectivity index (χ4n) is 3.21. The Kier molecular flexibility index (Phi) is 5.49. The summed E-state index contributed by atoms with van der Waals surface area (Å²) in [6.45, 7) is 4.24. The summed E-state index contributed by atoms with van der Waals surface area (Å²) in [6.07, 6.45) is 0. The summed E-state index contributed by atoms with van der Waals surface area (Å²) in [5, 5.41) is 3.47. The zero-order chi connectivity index (χ0) is 18.7. The Balaban J connectivity index is 2.39. The highest BCUT2D eigenvalue weighted by molar-refractivity contribution is 7.80. The average Bonchev–Trinajstić information content (AvgIpc) is 2.65. The predicted molar refractivity (Wildman–Crippen MR) is 112 cm³/mol. The molecular formula is C22H24NO2P. The third-order valence-corrected chi connectivity index (χ3v) is 7.40. The molecule has 3 aromatic rings. The van der Waals surface area contributed by atoms with E-state index in [0.717, 1.165) is 22.5 Å². The topological polar surface area (TPSA) is 44.5 Å². The third kappa shape index (κ3) is 3.27. The first-order valence-corrected chi connectivity index (χ1v) is 9.84. The number of anilines is 1. The molecule has 0 atom stereocenters. The maximum absolute atomic E-state index is 6.41. The van der Waals surface area contributed by atoms with Crippen molar-refractivity contribution in [2.75, 3.05) is 20.0 Å². The van der Waals surface area contributed by atoms with Gasteiger partial charge in [-0.05, 0) is 51.1 Å². The van der Waals surface area contributed by atoms with Crippen LogP contribution in [0, 0.1) is 13.8 Å². The SMILES string of the molecule is COc1cccc(C)c1P(c1ccccc1N)c1c(C)cccc1OC. The van der Waals surface area contributed by atoms with E-state index in [0.29, 0.717) is 0 Å². The molecule has 0 amide bonds. The Morgan fingerprint density at radius 1 is 0.692 bits per heavy atom. The van der Waals surface area contributed by atoms with Crippen LogP contribution in [0.25, 0.3) is 0 Å². The van der Waals surface area contributed by atoms with Gasteiger partial charge in [0.1, 0.15) is 11.5 Å². The van der Waals surface area contributed by atoms with Crippen LogP contribution < -0.4 is 31.1 Å². The lowest BCUT2D eigenvalue weighted by Gasteiger charge is -2.27. The number of methoxy groups -OCH3 is 2. The molecule has 0 spiro atoms. The van der Waals surface area contributed by atoms with Crippen LogP contribution in [-0.4, -0.2) is 14.2 Å². The predicted octanol–water partition coefficient (Wildman–Crippen LogP) is 3.66. The van der Waals surface area contributed by atoms with Crippen LogP contribution >= 0.6 is 7.92 Å². The number of nitrogen functional groups attached to an aromatic ring is 1. The maximum atomic E-state index is 6.41. The fourth-order valence-corrected chi connectivity index (χ4v) is 6.11. The number of nitrogens with two attached hydrogens (primary N) is 1. The van der Waals surface area contributed by atoms with E-state index in [9.17, 15) is 0 Å².